The molecule has 1 aromatic rings. The minimum Gasteiger partial charge on any atom is -0.372 e. The number of nitrogens with zero attached hydrogens (tertiary/aromatic N) is 1. The molecule has 0 saturated carbocycles. The van der Waals surface area contributed by atoms with Crippen LogP contribution in [0.1, 0.15) is 12.5 Å². The van der Waals surface area contributed by atoms with Crippen molar-refractivity contribution in [1.29, 1.82) is 0 Å². The summed E-state index contributed by atoms with van der Waals surface area (Å²) in [5, 5.41) is 0.720. The lowest BCUT2D eigenvalue weighted by atomic mass is 10.1. The highest BCUT2D eigenvalue weighted by Crippen LogP contribution is 2.24. The predicted octanol–water partition coefficient (Wildman–Crippen LogP) is 3.71. The van der Waals surface area contributed by atoms with E-state index in [4.69, 9.17) is 4.74 Å². The Labute approximate surface area is 128 Å². The van der Waals surface area contributed by atoms with E-state index in [0.717, 1.165) is 5.33 Å². The molecule has 1 aromatic carbocycles. The van der Waals surface area contributed by atoms with Gasteiger partial charge in [0, 0.05) is 30.5 Å². The van der Waals surface area contributed by atoms with Crippen molar-refractivity contribution in [2.45, 2.75) is 25.7 Å². The van der Waals surface area contributed by atoms with Gasteiger partial charge in [0.25, 0.3) is 0 Å². The van der Waals surface area contributed by atoms with Gasteiger partial charge in [-0.15, -0.1) is 0 Å². The van der Waals surface area contributed by atoms with Crippen LogP contribution in [0.3, 0.4) is 0 Å². The Balaban J connectivity index is 2.14. The molecule has 106 valence electrons. The molecule has 1 aliphatic heterocycles. The van der Waals surface area contributed by atoms with Crippen molar-refractivity contribution < 1.29 is 13.5 Å². The molecule has 0 spiro atoms. The molecule has 0 N–H and O–H groups in total. The van der Waals surface area contributed by atoms with Crippen molar-refractivity contribution in [2.24, 2.45) is 0 Å². The fourth-order valence-corrected chi connectivity index (χ4v) is 3.02. The summed E-state index contributed by atoms with van der Waals surface area (Å²) in [6.07, 6.45) is 0.122. The van der Waals surface area contributed by atoms with Gasteiger partial charge in [0.05, 0.1) is 16.7 Å². The van der Waals surface area contributed by atoms with Crippen LogP contribution in [0, 0.1) is 11.6 Å². The van der Waals surface area contributed by atoms with Crippen LogP contribution in [0.5, 0.6) is 0 Å². The molecule has 1 fully saturated rings. The van der Waals surface area contributed by atoms with Gasteiger partial charge in [0.2, 0.25) is 0 Å². The summed E-state index contributed by atoms with van der Waals surface area (Å²) >= 11 is 6.47. The molecule has 19 heavy (non-hydrogen) atoms. The second-order valence-corrected chi connectivity index (χ2v) is 6.24. The molecule has 0 aliphatic carbocycles. The zero-order valence-electron chi connectivity index (χ0n) is 10.5. The van der Waals surface area contributed by atoms with Crippen molar-refractivity contribution in [3.63, 3.8) is 0 Å². The molecule has 6 heteroatoms. The van der Waals surface area contributed by atoms with E-state index in [1.54, 1.807) is 0 Å². The average Bonchev–Trinajstić information content (AvgIpc) is 2.38. The lowest BCUT2D eigenvalue weighted by Gasteiger charge is -2.36. The van der Waals surface area contributed by atoms with E-state index in [2.05, 4.69) is 31.9 Å². The number of morpholine rings is 1. The van der Waals surface area contributed by atoms with E-state index in [9.17, 15) is 8.78 Å². The summed E-state index contributed by atoms with van der Waals surface area (Å²) in [7, 11) is 0. The summed E-state index contributed by atoms with van der Waals surface area (Å²) in [6.45, 7) is 3.57. The molecular weight excluding hydrogens is 384 g/mol. The molecule has 0 bridgehead atoms. The first-order valence-electron chi connectivity index (χ1n) is 6.07. The molecule has 1 aliphatic rings. The quantitative estimate of drug-likeness (QED) is 0.568. The molecule has 2 rings (SSSR count). The van der Waals surface area contributed by atoms with E-state index < -0.39 is 11.6 Å². The number of hydrogen-bond donors (Lipinski definition) is 0. The Hall–Kier alpha value is -0.0400. The molecule has 2 nitrogen and oxygen atoms in total. The fourth-order valence-electron chi connectivity index (χ4n) is 2.29. The number of benzene rings is 1. The lowest BCUT2D eigenvalue weighted by Crippen LogP contribution is -2.46. The maximum atomic E-state index is 13.9. The average molecular weight is 399 g/mol. The number of ether oxygens (including phenoxy) is 1. The number of rotatable bonds is 3. The minimum atomic E-state index is -0.519. The zero-order valence-corrected chi connectivity index (χ0v) is 13.7. The lowest BCUT2D eigenvalue weighted by molar-refractivity contribution is -0.0682. The summed E-state index contributed by atoms with van der Waals surface area (Å²) in [5.41, 5.74) is 0.108. The molecule has 1 heterocycles. The standard InChI is InChI=1S/C13H15Br2F2NO/c1-8-5-18(6-9(4-14)19-8)7-10-12(16)3-2-11(15)13(10)17/h2-3,8-9H,4-7H2,1H3. The highest BCUT2D eigenvalue weighted by Gasteiger charge is 2.26. The number of alkyl halides is 1. The first kappa shape index (κ1) is 15.4. The van der Waals surface area contributed by atoms with Gasteiger partial charge in [-0.3, -0.25) is 4.90 Å². The maximum Gasteiger partial charge on any atom is 0.144 e. The highest BCUT2D eigenvalue weighted by atomic mass is 79.9. The Morgan fingerprint density at radius 2 is 2.11 bits per heavy atom. The van der Waals surface area contributed by atoms with Gasteiger partial charge in [0.15, 0.2) is 0 Å². The zero-order chi connectivity index (χ0) is 14.0. The van der Waals surface area contributed by atoms with Gasteiger partial charge in [0.1, 0.15) is 11.6 Å². The van der Waals surface area contributed by atoms with E-state index in [1.807, 2.05) is 11.8 Å². The molecule has 1 saturated heterocycles. The van der Waals surface area contributed by atoms with Crippen molar-refractivity contribution >= 4 is 31.9 Å². The van der Waals surface area contributed by atoms with E-state index in [-0.39, 0.29) is 24.3 Å². The topological polar surface area (TPSA) is 12.5 Å². The Morgan fingerprint density at radius 1 is 1.37 bits per heavy atom. The second kappa shape index (κ2) is 6.61. The molecule has 2 atom stereocenters. The molecule has 0 amide bonds. The normalized spacial score (nSPS) is 24.7. The van der Waals surface area contributed by atoms with Crippen LogP contribution < -0.4 is 0 Å². The second-order valence-electron chi connectivity index (χ2n) is 4.74. The van der Waals surface area contributed by atoms with Crippen LogP contribution in [0.2, 0.25) is 0 Å². The molecule has 0 aromatic heterocycles. The van der Waals surface area contributed by atoms with Gasteiger partial charge in [-0.2, -0.15) is 0 Å². The summed E-state index contributed by atoms with van der Waals surface area (Å²) in [5.74, 6) is -1.02. The van der Waals surface area contributed by atoms with Crippen molar-refractivity contribution in [2.75, 3.05) is 18.4 Å². The van der Waals surface area contributed by atoms with Crippen LogP contribution in [0.15, 0.2) is 16.6 Å². The van der Waals surface area contributed by atoms with Crippen LogP contribution in [-0.2, 0) is 11.3 Å². The van der Waals surface area contributed by atoms with Gasteiger partial charge in [-0.1, -0.05) is 15.9 Å². The molecule has 2 unspecified atom stereocenters. The van der Waals surface area contributed by atoms with E-state index in [0.29, 0.717) is 17.6 Å². The first-order valence-corrected chi connectivity index (χ1v) is 7.99. The van der Waals surface area contributed by atoms with Gasteiger partial charge in [-0.25, -0.2) is 8.78 Å². The van der Waals surface area contributed by atoms with Crippen LogP contribution in [0.4, 0.5) is 8.78 Å². The van der Waals surface area contributed by atoms with Crippen LogP contribution in [0.25, 0.3) is 0 Å². The molecule has 0 radical (unpaired) electrons. The van der Waals surface area contributed by atoms with Crippen LogP contribution in [-0.4, -0.2) is 35.5 Å². The third-order valence-corrected chi connectivity index (χ3v) is 4.43. The summed E-state index contributed by atoms with van der Waals surface area (Å²) < 4.78 is 33.7. The predicted molar refractivity (Wildman–Crippen MR) is 77.5 cm³/mol. The smallest absolute Gasteiger partial charge is 0.144 e. The fraction of sp³-hybridized carbons (Fsp3) is 0.538. The Bertz CT molecular complexity index is 459. The number of halogens is 4. The monoisotopic (exact) mass is 397 g/mol. The maximum absolute atomic E-state index is 13.9. The van der Waals surface area contributed by atoms with Crippen molar-refractivity contribution in [3.8, 4) is 0 Å². The van der Waals surface area contributed by atoms with E-state index in [1.165, 1.54) is 12.1 Å². The highest BCUT2D eigenvalue weighted by molar-refractivity contribution is 9.10. The van der Waals surface area contributed by atoms with E-state index >= 15 is 0 Å². The Kier molecular flexibility index (Phi) is 5.34. The first-order chi connectivity index (χ1) is 9.01. The largest absolute Gasteiger partial charge is 0.372 e. The van der Waals surface area contributed by atoms with Gasteiger partial charge >= 0.3 is 0 Å². The number of hydrogen-bond acceptors (Lipinski definition) is 2. The van der Waals surface area contributed by atoms with Gasteiger partial charge in [-0.05, 0) is 35.0 Å². The summed E-state index contributed by atoms with van der Waals surface area (Å²) in [4.78, 5) is 2.02. The Morgan fingerprint density at radius 3 is 2.79 bits per heavy atom. The third-order valence-electron chi connectivity index (χ3n) is 3.09. The van der Waals surface area contributed by atoms with Crippen LogP contribution >= 0.6 is 31.9 Å². The van der Waals surface area contributed by atoms with Gasteiger partial charge < -0.3 is 4.74 Å². The third kappa shape index (κ3) is 3.74. The minimum absolute atomic E-state index is 0.0574. The van der Waals surface area contributed by atoms with Crippen molar-refractivity contribution in [3.05, 3.63) is 33.8 Å². The molecular formula is C13H15Br2F2NO. The van der Waals surface area contributed by atoms with Crippen molar-refractivity contribution in [1.82, 2.24) is 4.90 Å². The SMILES string of the molecule is CC1CN(Cc2c(F)ccc(Br)c2F)CC(CBr)O1. The summed E-state index contributed by atoms with van der Waals surface area (Å²) in [6, 6.07) is 2.67.